The molecule has 0 bridgehead atoms. The van der Waals surface area contributed by atoms with E-state index in [-0.39, 0.29) is 41.9 Å². The van der Waals surface area contributed by atoms with E-state index in [0.29, 0.717) is 6.42 Å². The molecule has 2 aromatic rings. The van der Waals surface area contributed by atoms with Crippen LogP contribution in [0.1, 0.15) is 49.5 Å². The summed E-state index contributed by atoms with van der Waals surface area (Å²) in [6.07, 6.45) is 0.167. The zero-order valence-corrected chi connectivity index (χ0v) is 19.8. The van der Waals surface area contributed by atoms with Crippen LogP contribution in [-0.2, 0) is 26.2 Å². The van der Waals surface area contributed by atoms with Crippen LogP contribution < -0.4 is 5.32 Å². The molecule has 0 fully saturated rings. The second kappa shape index (κ2) is 10.2. The molecule has 0 radical (unpaired) electrons. The minimum Gasteiger partial charge on any atom is -0.352 e. The van der Waals surface area contributed by atoms with E-state index in [9.17, 15) is 22.8 Å². The molecule has 2 aromatic carbocycles. The Kier molecular flexibility index (Phi) is 7.53. The van der Waals surface area contributed by atoms with Crippen molar-refractivity contribution in [2.75, 3.05) is 6.54 Å². The maximum absolute atomic E-state index is 13.3. The number of hydrogen-bond donors (Lipinski definition) is 1. The van der Waals surface area contributed by atoms with E-state index in [4.69, 9.17) is 0 Å². The summed E-state index contributed by atoms with van der Waals surface area (Å²) in [5.41, 5.74) is 0.952. The molecular formula is C24H29N3O5S. The normalized spacial score (nSPS) is 15.3. The highest BCUT2D eigenvalue weighted by Crippen LogP contribution is 2.30. The van der Waals surface area contributed by atoms with Crippen LogP contribution >= 0.6 is 0 Å². The summed E-state index contributed by atoms with van der Waals surface area (Å²) in [4.78, 5) is 40.2. The van der Waals surface area contributed by atoms with Gasteiger partial charge in [-0.1, -0.05) is 49.4 Å². The van der Waals surface area contributed by atoms with Crippen molar-refractivity contribution in [2.45, 2.75) is 57.1 Å². The summed E-state index contributed by atoms with van der Waals surface area (Å²) < 4.78 is 26.3. The number of benzene rings is 2. The third kappa shape index (κ3) is 5.24. The van der Waals surface area contributed by atoms with E-state index >= 15 is 0 Å². The van der Waals surface area contributed by atoms with Gasteiger partial charge in [-0.2, -0.15) is 0 Å². The Labute approximate surface area is 194 Å². The average Bonchev–Trinajstić information content (AvgIpc) is 2.97. The Balaban J connectivity index is 1.81. The Bertz CT molecular complexity index is 1130. The summed E-state index contributed by atoms with van der Waals surface area (Å²) in [6.45, 7) is 5.42. The first-order chi connectivity index (χ1) is 15.7. The average molecular weight is 472 g/mol. The van der Waals surface area contributed by atoms with Crippen LogP contribution in [0, 0.1) is 0 Å². The summed E-state index contributed by atoms with van der Waals surface area (Å²) in [7, 11) is -4.00. The highest BCUT2D eigenvalue weighted by Gasteiger charge is 2.41. The van der Waals surface area contributed by atoms with Gasteiger partial charge in [-0.25, -0.2) is 12.7 Å². The molecule has 8 nitrogen and oxygen atoms in total. The predicted molar refractivity (Wildman–Crippen MR) is 124 cm³/mol. The molecule has 0 aliphatic carbocycles. The van der Waals surface area contributed by atoms with E-state index < -0.39 is 27.9 Å². The lowest BCUT2D eigenvalue weighted by Crippen LogP contribution is -2.51. The van der Waals surface area contributed by atoms with Crippen molar-refractivity contribution in [1.82, 2.24) is 14.5 Å². The zero-order chi connectivity index (χ0) is 24.2. The Morgan fingerprint density at radius 2 is 1.67 bits per heavy atom. The minimum absolute atomic E-state index is 0.0497. The lowest BCUT2D eigenvalue weighted by atomic mass is 10.1. The fourth-order valence-corrected chi connectivity index (χ4v) is 5.44. The molecule has 1 aliphatic rings. The number of nitrogens with zero attached hydrogens (tertiary/aromatic N) is 2. The smallest absolute Gasteiger partial charge is 0.269 e. The lowest BCUT2D eigenvalue weighted by Gasteiger charge is -2.31. The molecule has 1 N–H and O–H groups in total. The molecular weight excluding hydrogens is 442 g/mol. The molecule has 3 amide bonds. The summed E-state index contributed by atoms with van der Waals surface area (Å²) in [5.74, 6) is -1.31. The Morgan fingerprint density at radius 3 is 2.27 bits per heavy atom. The van der Waals surface area contributed by atoms with E-state index in [1.807, 2.05) is 51.1 Å². The number of fused-ring (bicyclic) bond motifs is 1. The minimum atomic E-state index is -4.00. The van der Waals surface area contributed by atoms with Crippen molar-refractivity contribution >= 4 is 27.7 Å². The van der Waals surface area contributed by atoms with Gasteiger partial charge < -0.3 is 10.2 Å². The van der Waals surface area contributed by atoms with Crippen LogP contribution in [0.25, 0.3) is 0 Å². The number of carbonyl (C=O) groups is 3. The van der Waals surface area contributed by atoms with E-state index in [1.54, 1.807) is 12.1 Å². The Hall–Kier alpha value is -3.20. The van der Waals surface area contributed by atoms with E-state index in [2.05, 4.69) is 5.32 Å². The van der Waals surface area contributed by atoms with Gasteiger partial charge in [0.2, 0.25) is 11.8 Å². The third-order valence-corrected chi connectivity index (χ3v) is 7.29. The molecule has 1 atom stereocenters. The van der Waals surface area contributed by atoms with Gasteiger partial charge in [0.25, 0.3) is 15.9 Å². The number of carbonyl (C=O) groups excluding carboxylic acids is 3. The number of sulfonamides is 1. The molecule has 0 spiro atoms. The van der Waals surface area contributed by atoms with Gasteiger partial charge in [0.1, 0.15) is 10.9 Å². The molecule has 0 aromatic heterocycles. The van der Waals surface area contributed by atoms with Crippen LogP contribution in [0.2, 0.25) is 0 Å². The summed E-state index contributed by atoms with van der Waals surface area (Å²) >= 11 is 0. The van der Waals surface area contributed by atoms with Crippen molar-refractivity contribution in [3.63, 3.8) is 0 Å². The monoisotopic (exact) mass is 471 g/mol. The molecule has 176 valence electrons. The zero-order valence-electron chi connectivity index (χ0n) is 19.0. The van der Waals surface area contributed by atoms with Gasteiger partial charge in [-0.15, -0.1) is 0 Å². The van der Waals surface area contributed by atoms with E-state index in [0.717, 1.165) is 9.87 Å². The van der Waals surface area contributed by atoms with Gasteiger partial charge in [-0.05, 0) is 38.0 Å². The maximum atomic E-state index is 13.3. The maximum Gasteiger partial charge on any atom is 0.269 e. The fraction of sp³-hybridized carbons (Fsp3) is 0.375. The number of rotatable bonds is 9. The van der Waals surface area contributed by atoms with Gasteiger partial charge >= 0.3 is 0 Å². The van der Waals surface area contributed by atoms with Gasteiger partial charge in [0.15, 0.2) is 0 Å². The first-order valence-electron chi connectivity index (χ1n) is 11.0. The topological polar surface area (TPSA) is 104 Å². The molecule has 33 heavy (non-hydrogen) atoms. The molecule has 1 unspecified atom stereocenters. The van der Waals surface area contributed by atoms with Crippen LogP contribution in [0.15, 0.2) is 59.5 Å². The first kappa shape index (κ1) is 24.4. The molecule has 9 heteroatoms. The van der Waals surface area contributed by atoms with Crippen molar-refractivity contribution in [3.05, 3.63) is 65.7 Å². The van der Waals surface area contributed by atoms with Crippen LogP contribution in [-0.4, -0.2) is 54.0 Å². The second-order valence-electron chi connectivity index (χ2n) is 8.22. The number of amides is 3. The summed E-state index contributed by atoms with van der Waals surface area (Å²) in [6, 6.07) is 14.5. The number of nitrogens with one attached hydrogen (secondary N) is 1. The molecule has 0 saturated carbocycles. The predicted octanol–water partition coefficient (Wildman–Crippen LogP) is 2.55. The standard InChI is InChI=1S/C24H29N3O5S/c1-4-20(23(29)25-17(2)3)26(16-18-10-6-5-7-11-18)22(28)14-15-27-24(30)19-12-8-9-13-21(19)33(27,31)32/h5-13,17,20H,4,14-16H2,1-3H3,(H,25,29). The van der Waals surface area contributed by atoms with Crippen LogP contribution in [0.3, 0.4) is 0 Å². The molecule has 3 rings (SSSR count). The van der Waals surface area contributed by atoms with Crippen molar-refractivity contribution in [1.29, 1.82) is 0 Å². The number of hydrogen-bond acceptors (Lipinski definition) is 5. The SMILES string of the molecule is CCC(C(=O)NC(C)C)N(Cc1ccccc1)C(=O)CCN1C(=O)c2ccccc2S1(=O)=O. The van der Waals surface area contributed by atoms with Crippen LogP contribution in [0.5, 0.6) is 0 Å². The van der Waals surface area contributed by atoms with Gasteiger partial charge in [-0.3, -0.25) is 14.4 Å². The van der Waals surface area contributed by atoms with Crippen LogP contribution in [0.4, 0.5) is 0 Å². The van der Waals surface area contributed by atoms with E-state index in [1.165, 1.54) is 17.0 Å². The second-order valence-corrected chi connectivity index (χ2v) is 10.1. The Morgan fingerprint density at radius 1 is 1.03 bits per heavy atom. The highest BCUT2D eigenvalue weighted by molar-refractivity contribution is 7.90. The highest BCUT2D eigenvalue weighted by atomic mass is 32.2. The van der Waals surface area contributed by atoms with Gasteiger partial charge in [0.05, 0.1) is 5.56 Å². The quantitative estimate of drug-likeness (QED) is 0.605. The fourth-order valence-electron chi connectivity index (χ4n) is 3.87. The van der Waals surface area contributed by atoms with Gasteiger partial charge in [0, 0.05) is 25.6 Å². The summed E-state index contributed by atoms with van der Waals surface area (Å²) in [5, 5.41) is 2.85. The van der Waals surface area contributed by atoms with Crippen molar-refractivity contribution < 1.29 is 22.8 Å². The molecule has 0 saturated heterocycles. The first-order valence-corrected chi connectivity index (χ1v) is 12.4. The lowest BCUT2D eigenvalue weighted by molar-refractivity contribution is -0.141. The van der Waals surface area contributed by atoms with Crippen molar-refractivity contribution in [2.24, 2.45) is 0 Å². The largest absolute Gasteiger partial charge is 0.352 e. The molecule has 1 aliphatic heterocycles. The van der Waals surface area contributed by atoms with Crippen molar-refractivity contribution in [3.8, 4) is 0 Å². The third-order valence-electron chi connectivity index (χ3n) is 5.45. The molecule has 1 heterocycles.